The number of rotatable bonds is 6. The molecule has 5 heteroatoms. The van der Waals surface area contributed by atoms with Crippen molar-refractivity contribution in [2.45, 2.75) is 32.9 Å². The summed E-state index contributed by atoms with van der Waals surface area (Å²) >= 11 is 0. The fourth-order valence-corrected chi connectivity index (χ4v) is 1.16. The number of aromatic amines is 1. The SMILES string of the molecule is CCNC(COC(C)C)c1cn[nH]n1. The van der Waals surface area contributed by atoms with Crippen molar-refractivity contribution in [1.82, 2.24) is 20.7 Å². The van der Waals surface area contributed by atoms with Gasteiger partial charge in [-0.3, -0.25) is 0 Å². The maximum absolute atomic E-state index is 5.54. The first-order valence-electron chi connectivity index (χ1n) is 4.94. The molecule has 0 spiro atoms. The Morgan fingerprint density at radius 3 is 2.86 bits per heavy atom. The lowest BCUT2D eigenvalue weighted by molar-refractivity contribution is 0.0606. The topological polar surface area (TPSA) is 62.8 Å². The molecule has 1 aromatic heterocycles. The number of hydrogen-bond donors (Lipinski definition) is 2. The first-order valence-corrected chi connectivity index (χ1v) is 4.94. The first-order chi connectivity index (χ1) is 6.74. The van der Waals surface area contributed by atoms with Crippen molar-refractivity contribution in [3.63, 3.8) is 0 Å². The van der Waals surface area contributed by atoms with Gasteiger partial charge in [0.05, 0.1) is 24.9 Å². The quantitative estimate of drug-likeness (QED) is 0.712. The van der Waals surface area contributed by atoms with Crippen LogP contribution in [0.4, 0.5) is 0 Å². The van der Waals surface area contributed by atoms with Crippen LogP contribution in [-0.4, -0.2) is 34.7 Å². The summed E-state index contributed by atoms with van der Waals surface area (Å²) in [5.74, 6) is 0. The van der Waals surface area contributed by atoms with E-state index in [1.165, 1.54) is 0 Å². The van der Waals surface area contributed by atoms with Crippen LogP contribution in [0.15, 0.2) is 6.20 Å². The largest absolute Gasteiger partial charge is 0.377 e. The molecule has 1 heterocycles. The second kappa shape index (κ2) is 5.72. The summed E-state index contributed by atoms with van der Waals surface area (Å²) < 4.78 is 5.54. The van der Waals surface area contributed by atoms with Gasteiger partial charge in [0.15, 0.2) is 0 Å². The molecule has 0 saturated heterocycles. The van der Waals surface area contributed by atoms with Gasteiger partial charge >= 0.3 is 0 Å². The highest BCUT2D eigenvalue weighted by molar-refractivity contribution is 4.99. The summed E-state index contributed by atoms with van der Waals surface area (Å²) in [6.45, 7) is 7.61. The predicted molar refractivity (Wildman–Crippen MR) is 53.9 cm³/mol. The molecule has 0 aliphatic heterocycles. The van der Waals surface area contributed by atoms with Crippen LogP contribution in [0.1, 0.15) is 32.5 Å². The maximum Gasteiger partial charge on any atom is 0.102 e. The predicted octanol–water partition coefficient (Wildman–Crippen LogP) is 0.880. The van der Waals surface area contributed by atoms with Gasteiger partial charge in [-0.2, -0.15) is 15.4 Å². The van der Waals surface area contributed by atoms with Crippen molar-refractivity contribution in [2.75, 3.05) is 13.2 Å². The van der Waals surface area contributed by atoms with Gasteiger partial charge in [0, 0.05) is 0 Å². The third-order valence-corrected chi connectivity index (χ3v) is 1.84. The lowest BCUT2D eigenvalue weighted by atomic mass is 10.2. The number of nitrogens with zero attached hydrogens (tertiary/aromatic N) is 2. The lowest BCUT2D eigenvalue weighted by Gasteiger charge is -2.16. The van der Waals surface area contributed by atoms with E-state index in [1.54, 1.807) is 6.20 Å². The maximum atomic E-state index is 5.54. The van der Waals surface area contributed by atoms with Gasteiger partial charge in [0.25, 0.3) is 0 Å². The molecule has 0 saturated carbocycles. The van der Waals surface area contributed by atoms with Gasteiger partial charge in [0.1, 0.15) is 5.69 Å². The third-order valence-electron chi connectivity index (χ3n) is 1.84. The molecule has 80 valence electrons. The minimum atomic E-state index is 0.126. The fraction of sp³-hybridized carbons (Fsp3) is 0.778. The van der Waals surface area contributed by atoms with Crippen molar-refractivity contribution in [3.05, 3.63) is 11.9 Å². The minimum Gasteiger partial charge on any atom is -0.377 e. The molecular formula is C9H18N4O. The number of aromatic nitrogens is 3. The summed E-state index contributed by atoms with van der Waals surface area (Å²) in [7, 11) is 0. The van der Waals surface area contributed by atoms with E-state index in [0.29, 0.717) is 6.61 Å². The fourth-order valence-electron chi connectivity index (χ4n) is 1.16. The Hall–Kier alpha value is -0.940. The molecular weight excluding hydrogens is 180 g/mol. The Labute approximate surface area is 84.2 Å². The standard InChI is InChI=1S/C9H18N4O/c1-4-10-9(6-14-7(2)3)8-5-11-13-12-8/h5,7,9-10H,4,6H2,1-3H3,(H,11,12,13). The van der Waals surface area contributed by atoms with E-state index in [0.717, 1.165) is 12.2 Å². The Kier molecular flexibility index (Phi) is 4.55. The third kappa shape index (κ3) is 3.43. The number of hydrogen-bond acceptors (Lipinski definition) is 4. The van der Waals surface area contributed by atoms with Crippen molar-refractivity contribution in [3.8, 4) is 0 Å². The number of likely N-dealkylation sites (N-methyl/N-ethyl adjacent to an activating group) is 1. The molecule has 2 N–H and O–H groups in total. The highest BCUT2D eigenvalue weighted by atomic mass is 16.5. The van der Waals surface area contributed by atoms with Gasteiger partial charge in [-0.05, 0) is 20.4 Å². The van der Waals surface area contributed by atoms with E-state index in [2.05, 4.69) is 27.7 Å². The van der Waals surface area contributed by atoms with Crippen molar-refractivity contribution < 1.29 is 4.74 Å². The molecule has 1 atom stereocenters. The van der Waals surface area contributed by atoms with Crippen LogP contribution in [0.5, 0.6) is 0 Å². The number of nitrogens with one attached hydrogen (secondary N) is 2. The smallest absolute Gasteiger partial charge is 0.102 e. The molecule has 0 bridgehead atoms. The van der Waals surface area contributed by atoms with Crippen molar-refractivity contribution in [1.29, 1.82) is 0 Å². The molecule has 0 fully saturated rings. The summed E-state index contributed by atoms with van der Waals surface area (Å²) in [6.07, 6.45) is 1.96. The van der Waals surface area contributed by atoms with E-state index in [1.807, 2.05) is 13.8 Å². The molecule has 0 radical (unpaired) electrons. The van der Waals surface area contributed by atoms with Crippen LogP contribution < -0.4 is 5.32 Å². The zero-order valence-electron chi connectivity index (χ0n) is 8.95. The molecule has 5 nitrogen and oxygen atoms in total. The summed E-state index contributed by atoms with van der Waals surface area (Å²) in [5.41, 5.74) is 0.896. The highest BCUT2D eigenvalue weighted by Gasteiger charge is 2.13. The average Bonchev–Trinajstić information content (AvgIpc) is 2.64. The summed E-state index contributed by atoms with van der Waals surface area (Å²) in [6, 6.07) is 0.126. The minimum absolute atomic E-state index is 0.126. The first kappa shape index (κ1) is 11.1. The van der Waals surface area contributed by atoms with Crippen LogP contribution in [0.2, 0.25) is 0 Å². The van der Waals surface area contributed by atoms with Gasteiger partial charge in [-0.15, -0.1) is 0 Å². The molecule has 0 aliphatic rings. The van der Waals surface area contributed by atoms with Crippen LogP contribution in [-0.2, 0) is 4.74 Å². The van der Waals surface area contributed by atoms with Crippen molar-refractivity contribution >= 4 is 0 Å². The second-order valence-electron chi connectivity index (χ2n) is 3.39. The Morgan fingerprint density at radius 2 is 2.36 bits per heavy atom. The second-order valence-corrected chi connectivity index (χ2v) is 3.39. The molecule has 14 heavy (non-hydrogen) atoms. The van der Waals surface area contributed by atoms with Gasteiger partial charge in [-0.1, -0.05) is 6.92 Å². The molecule has 1 rings (SSSR count). The number of ether oxygens (including phenoxy) is 1. The van der Waals surface area contributed by atoms with E-state index in [9.17, 15) is 0 Å². The van der Waals surface area contributed by atoms with E-state index >= 15 is 0 Å². The van der Waals surface area contributed by atoms with E-state index in [4.69, 9.17) is 4.74 Å². The zero-order valence-corrected chi connectivity index (χ0v) is 8.95. The molecule has 0 amide bonds. The summed E-state index contributed by atoms with van der Waals surface area (Å²) in [5, 5.41) is 13.7. The normalized spacial score (nSPS) is 13.4. The van der Waals surface area contributed by atoms with Crippen LogP contribution in [0.25, 0.3) is 0 Å². The van der Waals surface area contributed by atoms with Crippen LogP contribution in [0.3, 0.4) is 0 Å². The Balaban J connectivity index is 2.47. The van der Waals surface area contributed by atoms with Gasteiger partial charge < -0.3 is 10.1 Å². The Bertz CT molecular complexity index is 235. The molecule has 1 unspecified atom stereocenters. The van der Waals surface area contributed by atoms with Gasteiger partial charge in [0.2, 0.25) is 0 Å². The van der Waals surface area contributed by atoms with E-state index in [-0.39, 0.29) is 12.1 Å². The molecule has 0 aromatic carbocycles. The van der Waals surface area contributed by atoms with Gasteiger partial charge in [-0.25, -0.2) is 0 Å². The molecule has 0 aliphatic carbocycles. The van der Waals surface area contributed by atoms with Crippen LogP contribution in [0, 0.1) is 0 Å². The van der Waals surface area contributed by atoms with Crippen molar-refractivity contribution in [2.24, 2.45) is 0 Å². The lowest BCUT2D eigenvalue weighted by Crippen LogP contribution is -2.27. The number of H-pyrrole nitrogens is 1. The Morgan fingerprint density at radius 1 is 1.57 bits per heavy atom. The van der Waals surface area contributed by atoms with Crippen LogP contribution >= 0.6 is 0 Å². The summed E-state index contributed by atoms with van der Waals surface area (Å²) in [4.78, 5) is 0. The van der Waals surface area contributed by atoms with E-state index < -0.39 is 0 Å². The zero-order chi connectivity index (χ0) is 10.4. The molecule has 1 aromatic rings. The average molecular weight is 198 g/mol. The monoisotopic (exact) mass is 198 g/mol. The highest BCUT2D eigenvalue weighted by Crippen LogP contribution is 2.09.